The predicted molar refractivity (Wildman–Crippen MR) is 114 cm³/mol. The van der Waals surface area contributed by atoms with Gasteiger partial charge in [-0.2, -0.15) is 22.8 Å². The van der Waals surface area contributed by atoms with Crippen LogP contribution in [0.15, 0.2) is 42.6 Å². The molecule has 3 rings (SSSR count). The molecule has 3 aromatic rings. The van der Waals surface area contributed by atoms with E-state index in [2.05, 4.69) is 36.2 Å². The minimum absolute atomic E-state index is 0.0597. The molecule has 0 aliphatic carbocycles. The van der Waals surface area contributed by atoms with Crippen molar-refractivity contribution < 1.29 is 27.9 Å². The van der Waals surface area contributed by atoms with E-state index < -0.39 is 12.1 Å². The quantitative estimate of drug-likeness (QED) is 0.625. The van der Waals surface area contributed by atoms with E-state index in [1.807, 2.05) is 43.3 Å². The molecule has 2 N–H and O–H groups in total. The number of amides is 1. The number of hydrogen-bond acceptors (Lipinski definition) is 5. The standard InChI is InChI=1S/C19H23N5O.C2HF3O2/c1-19(2,3)14-8-6-13(7-9-14)18(25)22-15-12-17(23(4)5)24-16(21-15)10-11-20-24;3-2(4,5)1(6)7/h6-12H,1-5H3,(H,21,22,25);(H,6,7). The molecule has 8 nitrogen and oxygen atoms in total. The number of benzene rings is 1. The highest BCUT2D eigenvalue weighted by atomic mass is 19.4. The number of aromatic nitrogens is 3. The number of hydrogen-bond donors (Lipinski definition) is 2. The van der Waals surface area contributed by atoms with Crippen LogP contribution in [0.4, 0.5) is 24.8 Å². The van der Waals surface area contributed by atoms with Crippen molar-refractivity contribution in [2.75, 3.05) is 24.3 Å². The van der Waals surface area contributed by atoms with Gasteiger partial charge in [0, 0.05) is 31.8 Å². The summed E-state index contributed by atoms with van der Waals surface area (Å²) < 4.78 is 33.5. The van der Waals surface area contributed by atoms with Crippen molar-refractivity contribution in [3.8, 4) is 0 Å². The van der Waals surface area contributed by atoms with Crippen molar-refractivity contribution in [2.45, 2.75) is 32.4 Å². The van der Waals surface area contributed by atoms with Gasteiger partial charge in [0.15, 0.2) is 5.65 Å². The maximum atomic E-state index is 12.5. The lowest BCUT2D eigenvalue weighted by atomic mass is 9.87. The number of aliphatic carboxylic acids is 1. The van der Waals surface area contributed by atoms with Crippen LogP contribution in [-0.4, -0.2) is 51.9 Å². The number of nitrogens with one attached hydrogen (secondary N) is 1. The second-order valence-corrected chi connectivity index (χ2v) is 8.08. The first-order valence-corrected chi connectivity index (χ1v) is 9.44. The number of halogens is 3. The van der Waals surface area contributed by atoms with Crippen molar-refractivity contribution >= 4 is 29.2 Å². The van der Waals surface area contributed by atoms with Gasteiger partial charge in [0.1, 0.15) is 11.6 Å². The van der Waals surface area contributed by atoms with Crippen molar-refractivity contribution in [2.24, 2.45) is 0 Å². The molecule has 0 fully saturated rings. The lowest BCUT2D eigenvalue weighted by Crippen LogP contribution is -2.21. The fourth-order valence-corrected chi connectivity index (χ4v) is 2.59. The van der Waals surface area contributed by atoms with Crippen LogP contribution in [0, 0.1) is 0 Å². The molecule has 0 aliphatic rings. The number of alkyl halides is 3. The summed E-state index contributed by atoms with van der Waals surface area (Å²) in [6.45, 7) is 6.45. The lowest BCUT2D eigenvalue weighted by Gasteiger charge is -2.19. The van der Waals surface area contributed by atoms with E-state index in [9.17, 15) is 18.0 Å². The van der Waals surface area contributed by atoms with Crippen LogP contribution < -0.4 is 10.2 Å². The van der Waals surface area contributed by atoms with Crippen molar-refractivity contribution in [3.05, 3.63) is 53.7 Å². The van der Waals surface area contributed by atoms with Gasteiger partial charge in [0.25, 0.3) is 5.91 Å². The largest absolute Gasteiger partial charge is 0.490 e. The van der Waals surface area contributed by atoms with Crippen molar-refractivity contribution in [3.63, 3.8) is 0 Å². The van der Waals surface area contributed by atoms with E-state index in [4.69, 9.17) is 9.90 Å². The van der Waals surface area contributed by atoms with Crippen LogP contribution in [0.25, 0.3) is 5.65 Å². The number of carbonyl (C=O) groups excluding carboxylic acids is 1. The molecule has 0 radical (unpaired) electrons. The summed E-state index contributed by atoms with van der Waals surface area (Å²) in [6.07, 6.45) is -3.40. The van der Waals surface area contributed by atoms with Crippen LogP contribution in [0.5, 0.6) is 0 Å². The Labute approximate surface area is 182 Å². The summed E-state index contributed by atoms with van der Waals surface area (Å²) in [4.78, 5) is 27.8. The van der Waals surface area contributed by atoms with Gasteiger partial charge in [0.05, 0.1) is 6.20 Å². The molecule has 0 aliphatic heterocycles. The maximum Gasteiger partial charge on any atom is 0.490 e. The van der Waals surface area contributed by atoms with Gasteiger partial charge in [0.2, 0.25) is 0 Å². The van der Waals surface area contributed by atoms with Crippen LogP contribution in [0.3, 0.4) is 0 Å². The molecule has 0 unspecified atom stereocenters. The first-order chi connectivity index (χ1) is 14.7. The number of nitrogens with zero attached hydrogens (tertiary/aromatic N) is 4. The van der Waals surface area contributed by atoms with Gasteiger partial charge in [-0.15, -0.1) is 0 Å². The molecule has 172 valence electrons. The Balaban J connectivity index is 0.000000451. The van der Waals surface area contributed by atoms with Crippen LogP contribution in [-0.2, 0) is 10.2 Å². The third-order valence-corrected chi connectivity index (χ3v) is 4.30. The zero-order chi connectivity index (χ0) is 24.3. The number of carboxylic acids is 1. The molecule has 0 atom stereocenters. The van der Waals surface area contributed by atoms with Crippen LogP contribution in [0.2, 0.25) is 0 Å². The Morgan fingerprint density at radius 2 is 1.62 bits per heavy atom. The highest BCUT2D eigenvalue weighted by molar-refractivity contribution is 6.04. The number of fused-ring (bicyclic) bond motifs is 1. The number of rotatable bonds is 3. The average molecular weight is 451 g/mol. The second kappa shape index (κ2) is 9.25. The molecule has 0 bridgehead atoms. The Hall–Kier alpha value is -3.63. The summed E-state index contributed by atoms with van der Waals surface area (Å²) in [6, 6.07) is 11.3. The maximum absolute atomic E-state index is 12.5. The Bertz CT molecular complexity index is 1100. The molecule has 0 spiro atoms. The fourth-order valence-electron chi connectivity index (χ4n) is 2.59. The topological polar surface area (TPSA) is 99.8 Å². The highest BCUT2D eigenvalue weighted by Gasteiger charge is 2.38. The van der Waals surface area contributed by atoms with E-state index in [-0.39, 0.29) is 11.3 Å². The van der Waals surface area contributed by atoms with E-state index in [0.717, 1.165) is 5.82 Å². The molecule has 1 amide bonds. The monoisotopic (exact) mass is 451 g/mol. The minimum Gasteiger partial charge on any atom is -0.475 e. The van der Waals surface area contributed by atoms with Crippen LogP contribution >= 0.6 is 0 Å². The molecule has 2 heterocycles. The predicted octanol–water partition coefficient (Wildman–Crippen LogP) is 3.98. The van der Waals surface area contributed by atoms with Gasteiger partial charge >= 0.3 is 12.1 Å². The van der Waals surface area contributed by atoms with Crippen molar-refractivity contribution in [1.29, 1.82) is 0 Å². The molecule has 0 saturated heterocycles. The SMILES string of the molecule is CN(C)c1cc(NC(=O)c2ccc(C(C)(C)C)cc2)nc2ccnn12.O=C(O)C(F)(F)F. The van der Waals surface area contributed by atoms with Gasteiger partial charge in [-0.05, 0) is 23.1 Å². The molecular formula is C21H24F3N5O3. The zero-order valence-corrected chi connectivity index (χ0v) is 18.2. The minimum atomic E-state index is -5.08. The summed E-state index contributed by atoms with van der Waals surface area (Å²) >= 11 is 0. The van der Waals surface area contributed by atoms with Gasteiger partial charge in [-0.3, -0.25) is 4.79 Å². The Morgan fingerprint density at radius 3 is 2.09 bits per heavy atom. The van der Waals surface area contributed by atoms with E-state index >= 15 is 0 Å². The fraction of sp³-hybridized carbons (Fsp3) is 0.333. The lowest BCUT2D eigenvalue weighted by molar-refractivity contribution is -0.192. The van der Waals surface area contributed by atoms with Gasteiger partial charge in [-0.1, -0.05) is 32.9 Å². The summed E-state index contributed by atoms with van der Waals surface area (Å²) in [7, 11) is 3.85. The number of anilines is 2. The van der Waals surface area contributed by atoms with E-state index in [0.29, 0.717) is 17.0 Å². The molecule has 11 heteroatoms. The molecule has 1 aromatic carbocycles. The highest BCUT2D eigenvalue weighted by Crippen LogP contribution is 2.23. The number of carbonyl (C=O) groups is 2. The third-order valence-electron chi connectivity index (χ3n) is 4.30. The summed E-state index contributed by atoms with van der Waals surface area (Å²) in [5.74, 6) is -1.59. The molecule has 32 heavy (non-hydrogen) atoms. The van der Waals surface area contributed by atoms with Crippen LogP contribution in [0.1, 0.15) is 36.7 Å². The molecular weight excluding hydrogens is 427 g/mol. The smallest absolute Gasteiger partial charge is 0.475 e. The van der Waals surface area contributed by atoms with Gasteiger partial charge < -0.3 is 15.3 Å². The summed E-state index contributed by atoms with van der Waals surface area (Å²) in [5, 5.41) is 14.3. The normalized spacial score (nSPS) is 11.5. The third kappa shape index (κ3) is 6.19. The summed E-state index contributed by atoms with van der Waals surface area (Å²) in [5.41, 5.74) is 2.54. The van der Waals surface area contributed by atoms with E-state index in [1.54, 1.807) is 22.8 Å². The zero-order valence-electron chi connectivity index (χ0n) is 18.2. The Kier molecular flexibility index (Phi) is 7.12. The number of carboxylic acid groups (broad SMARTS) is 1. The average Bonchev–Trinajstić information content (AvgIpc) is 3.15. The first kappa shape index (κ1) is 24.6. The second-order valence-electron chi connectivity index (χ2n) is 8.08. The van der Waals surface area contributed by atoms with E-state index in [1.165, 1.54) is 5.56 Å². The molecule has 0 saturated carbocycles. The Morgan fingerprint density at radius 1 is 1.06 bits per heavy atom. The molecule has 2 aromatic heterocycles. The van der Waals surface area contributed by atoms with Gasteiger partial charge in [-0.25, -0.2) is 9.78 Å². The first-order valence-electron chi connectivity index (χ1n) is 9.44. The van der Waals surface area contributed by atoms with Crippen molar-refractivity contribution in [1.82, 2.24) is 14.6 Å².